The van der Waals surface area contributed by atoms with Crippen LogP contribution in [0.5, 0.6) is 0 Å². The zero-order chi connectivity index (χ0) is 50.4. The molecule has 0 aliphatic rings. The van der Waals surface area contributed by atoms with Crippen LogP contribution in [0.25, 0.3) is 100 Å². The van der Waals surface area contributed by atoms with E-state index in [1.54, 1.807) is 0 Å². The summed E-state index contributed by atoms with van der Waals surface area (Å²) in [5.41, 5.74) is 13.8. The van der Waals surface area contributed by atoms with Crippen molar-refractivity contribution >= 4 is 123 Å². The lowest BCUT2D eigenvalue weighted by Crippen LogP contribution is -2.11. The molecule has 14 aromatic carbocycles. The molecule has 76 heavy (non-hydrogen) atoms. The molecule has 0 N–H and O–H groups in total. The Kier molecular flexibility index (Phi) is 11.2. The molecule has 0 saturated carbocycles. The van der Waals surface area contributed by atoms with Gasteiger partial charge in [-0.25, -0.2) is 0 Å². The highest BCUT2D eigenvalue weighted by molar-refractivity contribution is 6.28. The van der Waals surface area contributed by atoms with Crippen molar-refractivity contribution in [3.8, 4) is 11.1 Å². The summed E-state index contributed by atoms with van der Waals surface area (Å²) in [6.45, 7) is 0. The van der Waals surface area contributed by atoms with Crippen LogP contribution in [0.2, 0.25) is 0 Å². The first-order chi connectivity index (χ1) is 37.7. The average Bonchev–Trinajstić information content (AvgIpc) is 3.50. The van der Waals surface area contributed by atoms with Gasteiger partial charge in [0.2, 0.25) is 0 Å². The summed E-state index contributed by atoms with van der Waals surface area (Å²) in [5.74, 6) is 0. The van der Waals surface area contributed by atoms with Crippen LogP contribution >= 0.6 is 0 Å². The first-order valence-electron chi connectivity index (χ1n) is 26.1. The lowest BCUT2D eigenvalue weighted by atomic mass is 9.86. The summed E-state index contributed by atoms with van der Waals surface area (Å²) in [6.07, 6.45) is 8.72. The summed E-state index contributed by atoms with van der Waals surface area (Å²) in [6, 6.07) is 102. The van der Waals surface area contributed by atoms with Gasteiger partial charge in [0.15, 0.2) is 0 Å². The molecule has 356 valence electrons. The number of fused-ring (bicyclic) bond motifs is 3. The van der Waals surface area contributed by atoms with Gasteiger partial charge in [-0.3, -0.25) is 0 Å². The van der Waals surface area contributed by atoms with Crippen molar-refractivity contribution in [1.82, 2.24) is 0 Å². The minimum Gasteiger partial charge on any atom is -0.310 e. The van der Waals surface area contributed by atoms with E-state index in [1.807, 2.05) is 0 Å². The van der Waals surface area contributed by atoms with Gasteiger partial charge in [0.05, 0.1) is 5.69 Å². The van der Waals surface area contributed by atoms with Crippen molar-refractivity contribution < 1.29 is 0 Å². The van der Waals surface area contributed by atoms with Gasteiger partial charge in [0, 0.05) is 39.2 Å². The fourth-order valence-corrected chi connectivity index (χ4v) is 11.5. The van der Waals surface area contributed by atoms with Crippen molar-refractivity contribution in [2.45, 2.75) is 0 Å². The van der Waals surface area contributed by atoms with E-state index < -0.39 is 0 Å². The van der Waals surface area contributed by atoms with Crippen molar-refractivity contribution in [2.24, 2.45) is 0 Å². The predicted octanol–water partition coefficient (Wildman–Crippen LogP) is 21.0. The van der Waals surface area contributed by atoms with E-state index in [0.717, 1.165) is 45.3 Å². The fraction of sp³-hybridized carbons (Fsp3) is 0. The molecule has 0 radical (unpaired) electrons. The number of rotatable bonds is 11. The van der Waals surface area contributed by atoms with Gasteiger partial charge in [0.25, 0.3) is 0 Å². The van der Waals surface area contributed by atoms with E-state index >= 15 is 0 Å². The third-order valence-corrected chi connectivity index (χ3v) is 15.0. The van der Waals surface area contributed by atoms with Gasteiger partial charge < -0.3 is 9.80 Å². The normalized spacial score (nSPS) is 11.8. The second-order valence-corrected chi connectivity index (χ2v) is 19.7. The fourth-order valence-electron chi connectivity index (χ4n) is 11.5. The van der Waals surface area contributed by atoms with Crippen LogP contribution in [0.3, 0.4) is 0 Å². The molecule has 0 aromatic heterocycles. The summed E-state index contributed by atoms with van der Waals surface area (Å²) in [7, 11) is 0. The van der Waals surface area contributed by atoms with Crippen LogP contribution in [0.1, 0.15) is 22.3 Å². The maximum atomic E-state index is 2.46. The largest absolute Gasteiger partial charge is 0.310 e. The molecule has 0 atom stereocenters. The van der Waals surface area contributed by atoms with Gasteiger partial charge in [-0.15, -0.1) is 0 Å². The quantitative estimate of drug-likeness (QED) is 0.0724. The number of hydrogen-bond acceptors (Lipinski definition) is 2. The Hall–Kier alpha value is -10.0. The van der Waals surface area contributed by atoms with Crippen molar-refractivity contribution in [2.75, 3.05) is 9.80 Å². The number of para-hydroxylation sites is 2. The maximum Gasteiger partial charge on any atom is 0.0619 e. The monoisotopic (exact) mass is 966 g/mol. The number of anilines is 6. The maximum absolute atomic E-state index is 2.46. The van der Waals surface area contributed by atoms with Gasteiger partial charge in [-0.1, -0.05) is 218 Å². The zero-order valence-electron chi connectivity index (χ0n) is 41.8. The highest BCUT2D eigenvalue weighted by atomic mass is 15.1. The van der Waals surface area contributed by atoms with Crippen molar-refractivity contribution in [1.29, 1.82) is 0 Å². The molecule has 0 aliphatic heterocycles. The topological polar surface area (TPSA) is 6.48 Å². The molecule has 14 rings (SSSR count). The van der Waals surface area contributed by atoms with E-state index in [-0.39, 0.29) is 0 Å². The lowest BCUT2D eigenvalue weighted by Gasteiger charge is -2.30. The standard InChI is InChI=1S/C74H50N2/c1-5-17-51(18-6-1)29-31-53-33-41-64(42-34-53)75(62-23-9-3-10-24-62)66-47-59-39-37-57-45-61(46-58-38-40-60(48-66)72(59)71(57)58)73-67-27-15-16-28-68(67)74(70-50-56-22-14-13-21-55(56)49-69(70)73)76(63-25-11-4-12-26-63)65-43-35-54(36-44-65)32-30-52-19-7-2-8-20-52/h1-50H/b31-29+,32-30+. The summed E-state index contributed by atoms with van der Waals surface area (Å²) >= 11 is 0. The van der Waals surface area contributed by atoms with Crippen LogP contribution in [0.4, 0.5) is 34.1 Å². The number of benzene rings is 14. The molecule has 2 heteroatoms. The first-order valence-corrected chi connectivity index (χ1v) is 26.1. The molecule has 0 bridgehead atoms. The van der Waals surface area contributed by atoms with Crippen LogP contribution in [-0.2, 0) is 0 Å². The Morgan fingerprint density at radius 2 is 0.592 bits per heavy atom. The van der Waals surface area contributed by atoms with Gasteiger partial charge >= 0.3 is 0 Å². The third kappa shape index (κ3) is 8.19. The lowest BCUT2D eigenvalue weighted by molar-refractivity contribution is 1.29. The molecule has 0 amide bonds. The van der Waals surface area contributed by atoms with E-state index in [4.69, 9.17) is 0 Å². The second-order valence-electron chi connectivity index (χ2n) is 19.7. The van der Waals surface area contributed by atoms with Crippen LogP contribution in [0, 0.1) is 0 Å². The van der Waals surface area contributed by atoms with Crippen molar-refractivity contribution in [3.05, 3.63) is 301 Å². The molecular weight excluding hydrogens is 917 g/mol. The van der Waals surface area contributed by atoms with Crippen LogP contribution < -0.4 is 9.80 Å². The van der Waals surface area contributed by atoms with Crippen LogP contribution in [0.15, 0.2) is 279 Å². The smallest absolute Gasteiger partial charge is 0.0619 e. The van der Waals surface area contributed by atoms with E-state index in [2.05, 4.69) is 313 Å². The summed E-state index contributed by atoms with van der Waals surface area (Å²) < 4.78 is 0. The summed E-state index contributed by atoms with van der Waals surface area (Å²) in [4.78, 5) is 4.83. The van der Waals surface area contributed by atoms with E-state index in [1.165, 1.54) is 86.9 Å². The minimum absolute atomic E-state index is 1.10. The molecule has 0 unspecified atom stereocenters. The Balaban J connectivity index is 0.915. The molecule has 0 fully saturated rings. The average molecular weight is 967 g/mol. The molecular formula is C74H50N2. The Morgan fingerprint density at radius 3 is 1.09 bits per heavy atom. The van der Waals surface area contributed by atoms with Gasteiger partial charge in [-0.05, 0) is 172 Å². The predicted molar refractivity (Wildman–Crippen MR) is 328 cm³/mol. The molecule has 0 aliphatic carbocycles. The first kappa shape index (κ1) is 44.7. The Bertz CT molecular complexity index is 4400. The van der Waals surface area contributed by atoms with E-state index in [9.17, 15) is 0 Å². The highest BCUT2D eigenvalue weighted by Gasteiger charge is 2.24. The minimum atomic E-state index is 1.10. The molecule has 0 heterocycles. The summed E-state index contributed by atoms with van der Waals surface area (Å²) in [5, 5.41) is 14.7. The Morgan fingerprint density at radius 1 is 0.224 bits per heavy atom. The molecule has 0 spiro atoms. The molecule has 14 aromatic rings. The van der Waals surface area contributed by atoms with Crippen molar-refractivity contribution in [3.63, 3.8) is 0 Å². The number of hydrogen-bond donors (Lipinski definition) is 0. The third-order valence-electron chi connectivity index (χ3n) is 15.0. The number of nitrogens with zero attached hydrogens (tertiary/aromatic N) is 2. The SMILES string of the molecule is C(=C\c1ccc(N(c2ccccc2)c2cc3ccc4cc(-c5c6ccccc6c(N(c6ccccc6)c6ccc(/C=C/c7ccccc7)cc6)c6cc7ccccc7cc56)cc5ccc(c2)c3c45)cc1)/c1ccccc1. The molecule has 0 saturated heterocycles. The van der Waals surface area contributed by atoms with Crippen LogP contribution in [-0.4, -0.2) is 0 Å². The second kappa shape index (κ2) is 19.1. The Labute approximate surface area is 443 Å². The van der Waals surface area contributed by atoms with Gasteiger partial charge in [-0.2, -0.15) is 0 Å². The highest BCUT2D eigenvalue weighted by Crippen LogP contribution is 2.50. The van der Waals surface area contributed by atoms with Gasteiger partial charge in [0.1, 0.15) is 0 Å². The van der Waals surface area contributed by atoms with E-state index in [0.29, 0.717) is 0 Å². The zero-order valence-corrected chi connectivity index (χ0v) is 41.8. The molecule has 2 nitrogen and oxygen atoms in total.